The summed E-state index contributed by atoms with van der Waals surface area (Å²) in [6, 6.07) is 4.02. The van der Waals surface area contributed by atoms with Crippen LogP contribution in [-0.2, 0) is 13.0 Å². The van der Waals surface area contributed by atoms with Crippen molar-refractivity contribution in [3.8, 4) is 0 Å². The van der Waals surface area contributed by atoms with Crippen LogP contribution in [0.5, 0.6) is 0 Å². The third kappa shape index (κ3) is 3.68. The van der Waals surface area contributed by atoms with Gasteiger partial charge in [0.25, 0.3) is 0 Å². The van der Waals surface area contributed by atoms with Crippen LogP contribution >= 0.6 is 0 Å². The third-order valence-corrected chi connectivity index (χ3v) is 3.44. The molecule has 0 spiro atoms. The fraction of sp³-hybridized carbons (Fsp3) is 0.438. The van der Waals surface area contributed by atoms with E-state index in [2.05, 4.69) is 45.5 Å². The zero-order valence-corrected chi connectivity index (χ0v) is 13.2. The van der Waals surface area contributed by atoms with Crippen molar-refractivity contribution < 1.29 is 0 Å². The van der Waals surface area contributed by atoms with Gasteiger partial charge in [-0.25, -0.2) is 9.97 Å². The number of nitrogens with one attached hydrogen (secondary N) is 2. The second-order valence-corrected chi connectivity index (χ2v) is 5.08. The first-order chi connectivity index (χ1) is 10.2. The summed E-state index contributed by atoms with van der Waals surface area (Å²) in [7, 11) is 1.89. The molecule has 0 unspecified atom stereocenters. The number of rotatable bonds is 6. The van der Waals surface area contributed by atoms with Gasteiger partial charge in [-0.2, -0.15) is 0 Å². The standard InChI is InChI=1S/C16H23N5/c1-5-7-14-20-15(17-4)12(3)16(21-14)19-10-13-11(2)8-6-9-18-13/h6,8-9H,5,7,10H2,1-4H3,(H2,17,19,20,21). The van der Waals surface area contributed by atoms with Crippen LogP contribution < -0.4 is 10.6 Å². The number of aryl methyl sites for hydroxylation is 2. The molecule has 5 heteroatoms. The smallest absolute Gasteiger partial charge is 0.135 e. The number of hydrogen-bond acceptors (Lipinski definition) is 5. The van der Waals surface area contributed by atoms with Gasteiger partial charge in [0.1, 0.15) is 17.5 Å². The lowest BCUT2D eigenvalue weighted by Crippen LogP contribution is -2.11. The predicted octanol–water partition coefficient (Wildman–Crippen LogP) is 3.09. The maximum atomic E-state index is 4.63. The average Bonchev–Trinajstić information content (AvgIpc) is 2.49. The molecule has 2 heterocycles. The van der Waals surface area contributed by atoms with Crippen molar-refractivity contribution in [2.45, 2.75) is 40.2 Å². The molecule has 2 aromatic heterocycles. The van der Waals surface area contributed by atoms with Crippen LogP contribution in [0.4, 0.5) is 11.6 Å². The van der Waals surface area contributed by atoms with E-state index in [9.17, 15) is 0 Å². The lowest BCUT2D eigenvalue weighted by atomic mass is 10.2. The molecule has 0 saturated carbocycles. The van der Waals surface area contributed by atoms with E-state index in [4.69, 9.17) is 0 Å². The summed E-state index contributed by atoms with van der Waals surface area (Å²) in [5.74, 6) is 2.63. The highest BCUT2D eigenvalue weighted by Gasteiger charge is 2.10. The van der Waals surface area contributed by atoms with Crippen LogP contribution in [0.15, 0.2) is 18.3 Å². The van der Waals surface area contributed by atoms with Gasteiger partial charge in [0.2, 0.25) is 0 Å². The maximum Gasteiger partial charge on any atom is 0.135 e. The molecule has 5 nitrogen and oxygen atoms in total. The van der Waals surface area contributed by atoms with Crippen molar-refractivity contribution in [1.29, 1.82) is 0 Å². The monoisotopic (exact) mass is 285 g/mol. The van der Waals surface area contributed by atoms with Crippen LogP contribution in [0.3, 0.4) is 0 Å². The Bertz CT molecular complexity index is 610. The Morgan fingerprint density at radius 3 is 2.57 bits per heavy atom. The summed E-state index contributed by atoms with van der Waals surface area (Å²) >= 11 is 0. The molecule has 21 heavy (non-hydrogen) atoms. The van der Waals surface area contributed by atoms with Crippen molar-refractivity contribution in [2.24, 2.45) is 0 Å². The minimum atomic E-state index is 0.666. The minimum Gasteiger partial charge on any atom is -0.373 e. The zero-order valence-electron chi connectivity index (χ0n) is 13.2. The number of hydrogen-bond donors (Lipinski definition) is 2. The van der Waals surface area contributed by atoms with Crippen molar-refractivity contribution in [3.63, 3.8) is 0 Å². The summed E-state index contributed by atoms with van der Waals surface area (Å²) in [6.45, 7) is 6.89. The summed E-state index contributed by atoms with van der Waals surface area (Å²) in [4.78, 5) is 13.6. The first-order valence-electron chi connectivity index (χ1n) is 7.35. The Labute approximate surface area is 126 Å². The Hall–Kier alpha value is -2.17. The van der Waals surface area contributed by atoms with Crippen LogP contribution in [-0.4, -0.2) is 22.0 Å². The van der Waals surface area contributed by atoms with Crippen LogP contribution in [0.1, 0.15) is 36.0 Å². The van der Waals surface area contributed by atoms with Crippen molar-refractivity contribution >= 4 is 11.6 Å². The van der Waals surface area contributed by atoms with Crippen molar-refractivity contribution in [3.05, 3.63) is 41.0 Å². The molecule has 0 saturated heterocycles. The van der Waals surface area contributed by atoms with E-state index < -0.39 is 0 Å². The molecular weight excluding hydrogens is 262 g/mol. The third-order valence-electron chi connectivity index (χ3n) is 3.44. The van der Waals surface area contributed by atoms with Crippen molar-refractivity contribution in [2.75, 3.05) is 17.7 Å². The molecule has 2 N–H and O–H groups in total. The highest BCUT2D eigenvalue weighted by Crippen LogP contribution is 2.21. The van der Waals surface area contributed by atoms with Gasteiger partial charge in [-0.1, -0.05) is 13.0 Å². The average molecular weight is 285 g/mol. The normalized spacial score (nSPS) is 10.5. The topological polar surface area (TPSA) is 62.7 Å². The van der Waals surface area contributed by atoms with Gasteiger partial charge >= 0.3 is 0 Å². The largest absolute Gasteiger partial charge is 0.373 e. The molecular formula is C16H23N5. The summed E-state index contributed by atoms with van der Waals surface area (Å²) in [5.41, 5.74) is 3.25. The molecule has 0 radical (unpaired) electrons. The lowest BCUT2D eigenvalue weighted by Gasteiger charge is -2.14. The number of nitrogens with zero attached hydrogens (tertiary/aromatic N) is 3. The molecule has 0 aliphatic heterocycles. The van der Waals surface area contributed by atoms with Gasteiger partial charge in [0.15, 0.2) is 0 Å². The number of pyridine rings is 1. The molecule has 2 aromatic rings. The van der Waals surface area contributed by atoms with Gasteiger partial charge in [0.05, 0.1) is 12.2 Å². The lowest BCUT2D eigenvalue weighted by molar-refractivity contribution is 0.830. The fourth-order valence-corrected chi connectivity index (χ4v) is 2.18. The van der Waals surface area contributed by atoms with Crippen molar-refractivity contribution in [1.82, 2.24) is 15.0 Å². The van der Waals surface area contributed by atoms with Crippen LogP contribution in [0, 0.1) is 13.8 Å². The molecule has 0 bridgehead atoms. The maximum absolute atomic E-state index is 4.63. The van der Waals surface area contributed by atoms with Gasteiger partial charge in [-0.15, -0.1) is 0 Å². The van der Waals surface area contributed by atoms with E-state index in [1.54, 1.807) is 0 Å². The molecule has 0 aliphatic rings. The second kappa shape index (κ2) is 7.02. The molecule has 2 rings (SSSR count). The van der Waals surface area contributed by atoms with E-state index in [1.165, 1.54) is 5.56 Å². The highest BCUT2D eigenvalue weighted by atomic mass is 15.1. The van der Waals surface area contributed by atoms with E-state index in [0.717, 1.165) is 41.6 Å². The van der Waals surface area contributed by atoms with Gasteiger partial charge in [-0.3, -0.25) is 4.98 Å². The first-order valence-corrected chi connectivity index (χ1v) is 7.35. The number of anilines is 2. The summed E-state index contributed by atoms with van der Waals surface area (Å²) in [5, 5.41) is 6.53. The Balaban J connectivity index is 2.22. The molecule has 112 valence electrons. The molecule has 0 fully saturated rings. The Morgan fingerprint density at radius 1 is 1.14 bits per heavy atom. The highest BCUT2D eigenvalue weighted by molar-refractivity contribution is 5.57. The van der Waals surface area contributed by atoms with E-state index >= 15 is 0 Å². The van der Waals surface area contributed by atoms with Gasteiger partial charge in [-0.05, 0) is 31.9 Å². The number of aromatic nitrogens is 3. The zero-order chi connectivity index (χ0) is 15.2. The van der Waals surface area contributed by atoms with Gasteiger partial charge < -0.3 is 10.6 Å². The minimum absolute atomic E-state index is 0.666. The molecule has 0 amide bonds. The van der Waals surface area contributed by atoms with E-state index in [1.807, 2.05) is 26.2 Å². The predicted molar refractivity (Wildman–Crippen MR) is 86.6 cm³/mol. The quantitative estimate of drug-likeness (QED) is 0.854. The second-order valence-electron chi connectivity index (χ2n) is 5.08. The Morgan fingerprint density at radius 2 is 1.90 bits per heavy atom. The summed E-state index contributed by atoms with van der Waals surface area (Å²) < 4.78 is 0. The Kier molecular flexibility index (Phi) is 5.09. The molecule has 0 atom stereocenters. The van der Waals surface area contributed by atoms with E-state index in [-0.39, 0.29) is 0 Å². The fourth-order valence-electron chi connectivity index (χ4n) is 2.18. The van der Waals surface area contributed by atoms with Crippen LogP contribution in [0.2, 0.25) is 0 Å². The van der Waals surface area contributed by atoms with Crippen LogP contribution in [0.25, 0.3) is 0 Å². The molecule has 0 aromatic carbocycles. The first kappa shape index (κ1) is 15.2. The molecule has 0 aliphatic carbocycles. The van der Waals surface area contributed by atoms with Gasteiger partial charge in [0, 0.05) is 25.2 Å². The SMILES string of the molecule is CCCc1nc(NC)c(C)c(NCc2ncccc2C)n1. The summed E-state index contributed by atoms with van der Waals surface area (Å²) in [6.07, 6.45) is 3.73. The van der Waals surface area contributed by atoms with E-state index in [0.29, 0.717) is 6.54 Å².